The predicted octanol–water partition coefficient (Wildman–Crippen LogP) is 4.60. The standard InChI is InChI=1S/C16H21BrN2S/c1-11(18)9-13-6-7-14(10-15(13)17)19(3)12(2)16-5-4-8-20-16/h4-8,10-12H,9,18H2,1-3H3. The lowest BCUT2D eigenvalue weighted by molar-refractivity contribution is 0.733. The predicted molar refractivity (Wildman–Crippen MR) is 92.6 cm³/mol. The molecular weight excluding hydrogens is 332 g/mol. The molecule has 0 bridgehead atoms. The van der Waals surface area contributed by atoms with Gasteiger partial charge in [-0.05, 0) is 49.4 Å². The molecule has 2 aromatic rings. The van der Waals surface area contributed by atoms with Crippen molar-refractivity contribution in [2.75, 3.05) is 11.9 Å². The maximum absolute atomic E-state index is 5.87. The number of halogens is 1. The van der Waals surface area contributed by atoms with Crippen molar-refractivity contribution in [1.82, 2.24) is 0 Å². The summed E-state index contributed by atoms with van der Waals surface area (Å²) in [4.78, 5) is 3.68. The number of benzene rings is 1. The number of nitrogens with zero attached hydrogens (tertiary/aromatic N) is 1. The highest BCUT2D eigenvalue weighted by atomic mass is 79.9. The van der Waals surface area contributed by atoms with E-state index in [0.29, 0.717) is 6.04 Å². The monoisotopic (exact) mass is 352 g/mol. The van der Waals surface area contributed by atoms with E-state index in [1.165, 1.54) is 16.1 Å². The fourth-order valence-corrected chi connectivity index (χ4v) is 3.57. The van der Waals surface area contributed by atoms with Crippen LogP contribution < -0.4 is 10.6 Å². The molecule has 1 aromatic heterocycles. The Hall–Kier alpha value is -0.840. The maximum atomic E-state index is 5.87. The normalized spacial score (nSPS) is 14.1. The molecular formula is C16H21BrN2S. The molecule has 0 radical (unpaired) electrons. The second-order valence-electron chi connectivity index (χ2n) is 5.26. The van der Waals surface area contributed by atoms with Crippen LogP contribution in [0.2, 0.25) is 0 Å². The number of rotatable bonds is 5. The summed E-state index contributed by atoms with van der Waals surface area (Å²) in [7, 11) is 2.14. The molecule has 2 nitrogen and oxygen atoms in total. The Morgan fingerprint density at radius 2 is 2.05 bits per heavy atom. The van der Waals surface area contributed by atoms with Crippen LogP contribution in [0.15, 0.2) is 40.2 Å². The molecule has 0 spiro atoms. The average Bonchev–Trinajstić information content (AvgIpc) is 2.93. The Morgan fingerprint density at radius 1 is 1.30 bits per heavy atom. The number of hydrogen-bond donors (Lipinski definition) is 1. The molecule has 2 unspecified atom stereocenters. The van der Waals surface area contributed by atoms with Crippen LogP contribution in [0.1, 0.15) is 30.3 Å². The van der Waals surface area contributed by atoms with E-state index in [2.05, 4.69) is 70.5 Å². The van der Waals surface area contributed by atoms with Gasteiger partial charge in [-0.15, -0.1) is 11.3 Å². The van der Waals surface area contributed by atoms with E-state index in [1.807, 2.05) is 6.92 Å². The van der Waals surface area contributed by atoms with Crippen molar-refractivity contribution in [3.63, 3.8) is 0 Å². The van der Waals surface area contributed by atoms with Crippen LogP contribution in [0.25, 0.3) is 0 Å². The van der Waals surface area contributed by atoms with Gasteiger partial charge in [0.2, 0.25) is 0 Å². The van der Waals surface area contributed by atoms with E-state index < -0.39 is 0 Å². The first kappa shape index (κ1) is 15.5. The van der Waals surface area contributed by atoms with Crippen LogP contribution in [0.3, 0.4) is 0 Å². The zero-order chi connectivity index (χ0) is 14.7. The number of thiophene rings is 1. The molecule has 108 valence electrons. The highest BCUT2D eigenvalue weighted by Gasteiger charge is 2.14. The zero-order valence-electron chi connectivity index (χ0n) is 12.1. The fourth-order valence-electron chi connectivity index (χ4n) is 2.21. The molecule has 1 aromatic carbocycles. The second-order valence-corrected chi connectivity index (χ2v) is 7.09. The molecule has 20 heavy (non-hydrogen) atoms. The first-order chi connectivity index (χ1) is 9.49. The minimum atomic E-state index is 0.180. The molecule has 0 saturated heterocycles. The minimum absolute atomic E-state index is 0.180. The highest BCUT2D eigenvalue weighted by molar-refractivity contribution is 9.10. The zero-order valence-corrected chi connectivity index (χ0v) is 14.5. The summed E-state index contributed by atoms with van der Waals surface area (Å²) < 4.78 is 1.14. The lowest BCUT2D eigenvalue weighted by atomic mass is 10.1. The average molecular weight is 353 g/mol. The van der Waals surface area contributed by atoms with Gasteiger partial charge in [0.25, 0.3) is 0 Å². The smallest absolute Gasteiger partial charge is 0.0603 e. The summed E-state index contributed by atoms with van der Waals surface area (Å²) in [6.45, 7) is 4.26. The summed E-state index contributed by atoms with van der Waals surface area (Å²) in [5, 5.41) is 2.13. The van der Waals surface area contributed by atoms with Gasteiger partial charge in [-0.2, -0.15) is 0 Å². The molecule has 1 heterocycles. The van der Waals surface area contributed by atoms with E-state index >= 15 is 0 Å². The Labute approximate surface area is 133 Å². The molecule has 0 aliphatic carbocycles. The Morgan fingerprint density at radius 3 is 2.60 bits per heavy atom. The number of anilines is 1. The van der Waals surface area contributed by atoms with E-state index in [9.17, 15) is 0 Å². The number of hydrogen-bond acceptors (Lipinski definition) is 3. The van der Waals surface area contributed by atoms with Crippen LogP contribution >= 0.6 is 27.3 Å². The van der Waals surface area contributed by atoms with Crippen molar-refractivity contribution >= 4 is 33.0 Å². The van der Waals surface area contributed by atoms with Gasteiger partial charge >= 0.3 is 0 Å². The van der Waals surface area contributed by atoms with Gasteiger partial charge < -0.3 is 10.6 Å². The van der Waals surface area contributed by atoms with E-state index in [0.717, 1.165) is 10.9 Å². The van der Waals surface area contributed by atoms with Gasteiger partial charge in [0, 0.05) is 28.1 Å². The molecule has 0 aliphatic rings. The minimum Gasteiger partial charge on any atom is -0.367 e. The summed E-state index contributed by atoms with van der Waals surface area (Å²) in [6.07, 6.45) is 0.894. The molecule has 0 fully saturated rings. The lowest BCUT2D eigenvalue weighted by Gasteiger charge is -2.27. The third kappa shape index (κ3) is 3.62. The van der Waals surface area contributed by atoms with Crippen LogP contribution in [-0.2, 0) is 6.42 Å². The van der Waals surface area contributed by atoms with E-state index in [4.69, 9.17) is 5.73 Å². The van der Waals surface area contributed by atoms with Crippen molar-refractivity contribution in [3.8, 4) is 0 Å². The molecule has 0 amide bonds. The van der Waals surface area contributed by atoms with Gasteiger partial charge in [-0.1, -0.05) is 28.1 Å². The van der Waals surface area contributed by atoms with E-state index in [-0.39, 0.29) is 6.04 Å². The molecule has 0 saturated carbocycles. The van der Waals surface area contributed by atoms with Gasteiger partial charge in [0.15, 0.2) is 0 Å². The van der Waals surface area contributed by atoms with Crippen molar-refractivity contribution in [3.05, 3.63) is 50.6 Å². The summed E-state index contributed by atoms with van der Waals surface area (Å²) in [6, 6.07) is 11.4. The van der Waals surface area contributed by atoms with Gasteiger partial charge in [0.1, 0.15) is 0 Å². The quantitative estimate of drug-likeness (QED) is 0.851. The maximum Gasteiger partial charge on any atom is 0.0603 e. The van der Waals surface area contributed by atoms with Gasteiger partial charge in [-0.3, -0.25) is 0 Å². The Bertz CT molecular complexity index is 552. The molecule has 0 aliphatic heterocycles. The summed E-state index contributed by atoms with van der Waals surface area (Å²) in [5.41, 5.74) is 8.35. The molecule has 2 atom stereocenters. The second kappa shape index (κ2) is 6.74. The van der Waals surface area contributed by atoms with Gasteiger partial charge in [-0.25, -0.2) is 0 Å². The van der Waals surface area contributed by atoms with Crippen molar-refractivity contribution in [2.45, 2.75) is 32.4 Å². The molecule has 2 rings (SSSR count). The van der Waals surface area contributed by atoms with E-state index in [1.54, 1.807) is 11.3 Å². The topological polar surface area (TPSA) is 29.3 Å². The molecule has 4 heteroatoms. The van der Waals surface area contributed by atoms with Gasteiger partial charge in [0.05, 0.1) is 6.04 Å². The Kier molecular flexibility index (Phi) is 5.24. The third-order valence-corrected chi connectivity index (χ3v) is 5.30. The highest BCUT2D eigenvalue weighted by Crippen LogP contribution is 2.31. The number of nitrogens with two attached hydrogens (primary N) is 1. The first-order valence-corrected chi connectivity index (χ1v) is 8.46. The SMILES string of the molecule is CC(N)Cc1ccc(N(C)C(C)c2cccs2)cc1Br. The summed E-state index contributed by atoms with van der Waals surface area (Å²) >= 11 is 5.46. The van der Waals surface area contributed by atoms with Crippen LogP contribution in [0, 0.1) is 0 Å². The van der Waals surface area contributed by atoms with Crippen molar-refractivity contribution in [2.24, 2.45) is 5.73 Å². The Balaban J connectivity index is 2.18. The van der Waals surface area contributed by atoms with Crippen LogP contribution in [-0.4, -0.2) is 13.1 Å². The molecule has 2 N–H and O–H groups in total. The fraction of sp³-hybridized carbons (Fsp3) is 0.375. The van der Waals surface area contributed by atoms with Crippen molar-refractivity contribution < 1.29 is 0 Å². The lowest BCUT2D eigenvalue weighted by Crippen LogP contribution is -2.21. The third-order valence-electron chi connectivity index (χ3n) is 3.52. The first-order valence-electron chi connectivity index (χ1n) is 6.79. The van der Waals surface area contributed by atoms with Crippen LogP contribution in [0.4, 0.5) is 5.69 Å². The summed E-state index contributed by atoms with van der Waals surface area (Å²) in [5.74, 6) is 0. The van der Waals surface area contributed by atoms with Crippen molar-refractivity contribution in [1.29, 1.82) is 0 Å². The largest absolute Gasteiger partial charge is 0.367 e. The van der Waals surface area contributed by atoms with Crippen LogP contribution in [0.5, 0.6) is 0 Å².